The van der Waals surface area contributed by atoms with E-state index in [4.69, 9.17) is 15.2 Å². The van der Waals surface area contributed by atoms with Crippen LogP contribution in [0.1, 0.15) is 29.5 Å². The second-order valence-corrected chi connectivity index (χ2v) is 6.88. The molecule has 31 heavy (non-hydrogen) atoms. The molecule has 0 fully saturated rings. The third-order valence-corrected chi connectivity index (χ3v) is 4.31. The lowest BCUT2D eigenvalue weighted by atomic mass is 10.1. The highest BCUT2D eigenvalue weighted by atomic mass is 19.4. The molecule has 4 nitrogen and oxygen atoms in total. The Hall–Kier alpha value is -2.77. The van der Waals surface area contributed by atoms with Crippen molar-refractivity contribution in [2.45, 2.75) is 19.0 Å². The SMILES string of the molecule is C=CCOc1cc(/C=C/c2ccc(C(F)(F)F)cc2)cc(OCCCCNCCN)c1. The number of nitrogens with two attached hydrogens (primary N) is 1. The maximum Gasteiger partial charge on any atom is 0.416 e. The van der Waals surface area contributed by atoms with Gasteiger partial charge in [0.1, 0.15) is 18.1 Å². The van der Waals surface area contributed by atoms with E-state index >= 15 is 0 Å². The Bertz CT molecular complexity index is 834. The van der Waals surface area contributed by atoms with Crippen molar-refractivity contribution in [1.82, 2.24) is 5.32 Å². The van der Waals surface area contributed by atoms with Crippen LogP contribution in [0.4, 0.5) is 13.2 Å². The molecule has 0 saturated heterocycles. The Morgan fingerprint density at radius 1 is 0.903 bits per heavy atom. The van der Waals surface area contributed by atoms with Crippen molar-refractivity contribution in [3.05, 3.63) is 71.8 Å². The van der Waals surface area contributed by atoms with Crippen LogP contribution in [0.5, 0.6) is 11.5 Å². The summed E-state index contributed by atoms with van der Waals surface area (Å²) in [6.45, 7) is 6.89. The lowest BCUT2D eigenvalue weighted by Gasteiger charge is -2.11. The Morgan fingerprint density at radius 3 is 2.23 bits per heavy atom. The first kappa shape index (κ1) is 24.5. The predicted molar refractivity (Wildman–Crippen MR) is 119 cm³/mol. The number of alkyl halides is 3. The van der Waals surface area contributed by atoms with Gasteiger partial charge in [0, 0.05) is 19.2 Å². The van der Waals surface area contributed by atoms with E-state index < -0.39 is 11.7 Å². The van der Waals surface area contributed by atoms with Crippen LogP contribution in [0.15, 0.2) is 55.1 Å². The zero-order chi connectivity index (χ0) is 22.5. The van der Waals surface area contributed by atoms with Gasteiger partial charge in [-0.1, -0.05) is 36.9 Å². The van der Waals surface area contributed by atoms with Crippen LogP contribution in [-0.4, -0.2) is 32.8 Å². The number of ether oxygens (including phenoxy) is 2. The zero-order valence-corrected chi connectivity index (χ0v) is 17.5. The smallest absolute Gasteiger partial charge is 0.416 e. The van der Waals surface area contributed by atoms with Crippen LogP contribution in [0.3, 0.4) is 0 Å². The molecule has 7 heteroatoms. The highest BCUT2D eigenvalue weighted by Gasteiger charge is 2.29. The van der Waals surface area contributed by atoms with Crippen LogP contribution in [0, 0.1) is 0 Å². The molecular weight excluding hydrogens is 405 g/mol. The van der Waals surface area contributed by atoms with Crippen molar-refractivity contribution in [2.75, 3.05) is 32.8 Å². The van der Waals surface area contributed by atoms with Crippen molar-refractivity contribution in [3.8, 4) is 11.5 Å². The van der Waals surface area contributed by atoms with E-state index in [0.717, 1.165) is 43.6 Å². The molecule has 0 radical (unpaired) electrons. The molecule has 0 aliphatic heterocycles. The van der Waals surface area contributed by atoms with Gasteiger partial charge in [-0.05, 0) is 54.8 Å². The summed E-state index contributed by atoms with van der Waals surface area (Å²) >= 11 is 0. The first-order valence-electron chi connectivity index (χ1n) is 10.2. The number of nitrogens with one attached hydrogen (secondary N) is 1. The summed E-state index contributed by atoms with van der Waals surface area (Å²) < 4.78 is 49.6. The van der Waals surface area contributed by atoms with E-state index in [9.17, 15) is 13.2 Å². The third kappa shape index (κ3) is 9.27. The normalized spacial score (nSPS) is 11.6. The molecule has 0 spiro atoms. The molecule has 0 unspecified atom stereocenters. The van der Waals surface area contributed by atoms with E-state index in [0.29, 0.717) is 36.8 Å². The van der Waals surface area contributed by atoms with E-state index in [1.54, 1.807) is 12.2 Å². The highest BCUT2D eigenvalue weighted by Crippen LogP contribution is 2.29. The second-order valence-electron chi connectivity index (χ2n) is 6.88. The van der Waals surface area contributed by atoms with E-state index in [2.05, 4.69) is 11.9 Å². The van der Waals surface area contributed by atoms with Gasteiger partial charge in [-0.15, -0.1) is 0 Å². The lowest BCUT2D eigenvalue weighted by molar-refractivity contribution is -0.137. The molecule has 0 amide bonds. The average molecular weight is 435 g/mol. The molecule has 2 aromatic rings. The van der Waals surface area contributed by atoms with Crippen LogP contribution in [0.25, 0.3) is 12.2 Å². The minimum atomic E-state index is -4.34. The van der Waals surface area contributed by atoms with Crippen LogP contribution in [0.2, 0.25) is 0 Å². The van der Waals surface area contributed by atoms with Gasteiger partial charge in [-0.25, -0.2) is 0 Å². The van der Waals surface area contributed by atoms with Gasteiger partial charge in [-0.3, -0.25) is 0 Å². The Morgan fingerprint density at radius 2 is 1.58 bits per heavy atom. The minimum absolute atomic E-state index is 0.359. The molecule has 168 valence electrons. The molecule has 2 aromatic carbocycles. The second kappa shape index (κ2) is 12.8. The van der Waals surface area contributed by atoms with E-state index in [1.165, 1.54) is 12.1 Å². The molecular formula is C24H29F3N2O2. The monoisotopic (exact) mass is 434 g/mol. The molecule has 0 heterocycles. The Kier molecular flexibility index (Phi) is 10.1. The van der Waals surface area contributed by atoms with Crippen LogP contribution < -0.4 is 20.5 Å². The van der Waals surface area contributed by atoms with Crippen molar-refractivity contribution < 1.29 is 22.6 Å². The van der Waals surface area contributed by atoms with Crippen molar-refractivity contribution in [1.29, 1.82) is 0 Å². The standard InChI is InChI=1S/C24H29F3N2O2/c1-2-14-30-22-16-20(6-5-19-7-9-21(10-8-19)24(25,26)27)17-23(18-22)31-15-4-3-12-29-13-11-28/h2,5-10,16-18,29H,1,3-4,11-15,28H2/b6-5+. The molecule has 0 aliphatic carbocycles. The fourth-order valence-corrected chi connectivity index (χ4v) is 2.76. The first-order chi connectivity index (χ1) is 14.9. The minimum Gasteiger partial charge on any atom is -0.493 e. The zero-order valence-electron chi connectivity index (χ0n) is 17.5. The average Bonchev–Trinajstić information content (AvgIpc) is 2.75. The fraction of sp³-hybridized carbons (Fsp3) is 0.333. The fourth-order valence-electron chi connectivity index (χ4n) is 2.76. The summed E-state index contributed by atoms with van der Waals surface area (Å²) in [7, 11) is 0. The molecule has 0 aromatic heterocycles. The Balaban J connectivity index is 2.02. The molecule has 0 saturated carbocycles. The number of rotatable bonds is 13. The summed E-state index contributed by atoms with van der Waals surface area (Å²) in [5.74, 6) is 1.30. The van der Waals surface area contributed by atoms with Gasteiger partial charge in [0.15, 0.2) is 0 Å². The Labute approximate surface area is 181 Å². The lowest BCUT2D eigenvalue weighted by Crippen LogP contribution is -2.23. The summed E-state index contributed by atoms with van der Waals surface area (Å²) in [4.78, 5) is 0. The predicted octanol–water partition coefficient (Wildman–Crippen LogP) is 5.15. The summed E-state index contributed by atoms with van der Waals surface area (Å²) in [6.07, 6.45) is 2.75. The quantitative estimate of drug-likeness (QED) is 0.260. The van der Waals surface area contributed by atoms with Gasteiger partial charge >= 0.3 is 6.18 Å². The maximum atomic E-state index is 12.7. The van der Waals surface area contributed by atoms with Gasteiger partial charge in [0.2, 0.25) is 0 Å². The van der Waals surface area contributed by atoms with Gasteiger partial charge in [0.05, 0.1) is 12.2 Å². The van der Waals surface area contributed by atoms with Crippen molar-refractivity contribution >= 4 is 12.2 Å². The number of hydrogen-bond donors (Lipinski definition) is 2. The van der Waals surface area contributed by atoms with Crippen LogP contribution in [-0.2, 0) is 6.18 Å². The third-order valence-electron chi connectivity index (χ3n) is 4.31. The van der Waals surface area contributed by atoms with Crippen molar-refractivity contribution in [2.24, 2.45) is 5.73 Å². The summed E-state index contributed by atoms with van der Waals surface area (Å²) in [5, 5.41) is 3.24. The maximum absolute atomic E-state index is 12.7. The molecule has 0 aliphatic rings. The van der Waals surface area contributed by atoms with Gasteiger partial charge < -0.3 is 20.5 Å². The summed E-state index contributed by atoms with van der Waals surface area (Å²) in [6, 6.07) is 10.5. The molecule has 2 rings (SSSR count). The van der Waals surface area contributed by atoms with E-state index in [-0.39, 0.29) is 0 Å². The topological polar surface area (TPSA) is 56.5 Å². The first-order valence-corrected chi connectivity index (χ1v) is 10.2. The molecule has 0 bridgehead atoms. The number of benzene rings is 2. The molecule has 3 N–H and O–H groups in total. The number of halogens is 3. The van der Waals surface area contributed by atoms with Crippen molar-refractivity contribution in [3.63, 3.8) is 0 Å². The molecule has 0 atom stereocenters. The largest absolute Gasteiger partial charge is 0.493 e. The van der Waals surface area contributed by atoms with Crippen LogP contribution >= 0.6 is 0 Å². The van der Waals surface area contributed by atoms with Gasteiger partial charge in [0.25, 0.3) is 0 Å². The van der Waals surface area contributed by atoms with Gasteiger partial charge in [-0.2, -0.15) is 13.2 Å². The van der Waals surface area contributed by atoms with E-state index in [1.807, 2.05) is 24.3 Å². The number of hydrogen-bond acceptors (Lipinski definition) is 4. The number of unbranched alkanes of at least 4 members (excludes halogenated alkanes) is 1. The highest BCUT2D eigenvalue weighted by molar-refractivity contribution is 5.71. The summed E-state index contributed by atoms with van der Waals surface area (Å²) in [5.41, 5.74) is 6.26.